The summed E-state index contributed by atoms with van der Waals surface area (Å²) in [6.45, 7) is 0. The molecule has 0 atom stereocenters. The normalized spacial score (nSPS) is 11.0. The number of non-ortho nitro benzene ring substituents is 1. The Labute approximate surface area is 158 Å². The molecule has 0 bridgehead atoms. The average molecular weight is 382 g/mol. The first-order chi connectivity index (χ1) is 13.0. The van der Waals surface area contributed by atoms with Crippen LogP contribution in [0, 0.1) is 10.1 Å². The number of hydrogen-bond acceptors (Lipinski definition) is 7. The van der Waals surface area contributed by atoms with Crippen LogP contribution in [0.15, 0.2) is 64.7 Å². The molecule has 27 heavy (non-hydrogen) atoms. The van der Waals surface area contributed by atoms with Crippen LogP contribution in [0.2, 0.25) is 0 Å². The number of nitro benzene ring substituents is 1. The summed E-state index contributed by atoms with van der Waals surface area (Å²) < 4.78 is 0. The molecular weight excluding hydrogens is 368 g/mol. The Kier molecular flexibility index (Phi) is 5.62. The number of nitro groups is 1. The van der Waals surface area contributed by atoms with Crippen LogP contribution in [0.1, 0.15) is 5.56 Å². The molecule has 0 aliphatic heterocycles. The fourth-order valence-corrected chi connectivity index (χ4v) is 3.13. The Morgan fingerprint density at radius 1 is 1.30 bits per heavy atom. The first-order valence-corrected chi connectivity index (χ1v) is 8.79. The molecule has 136 valence electrons. The van der Waals surface area contributed by atoms with E-state index in [9.17, 15) is 20.0 Å². The Hall–Kier alpha value is -3.46. The van der Waals surface area contributed by atoms with Gasteiger partial charge in [-0.25, -0.2) is 5.43 Å². The molecule has 2 aromatic carbocycles. The number of aromatic hydroxyl groups is 1. The number of nitrogens with one attached hydrogen (secondary N) is 1. The van der Waals surface area contributed by atoms with E-state index < -0.39 is 4.92 Å². The van der Waals surface area contributed by atoms with Gasteiger partial charge in [0.1, 0.15) is 5.75 Å². The zero-order valence-corrected chi connectivity index (χ0v) is 14.7. The third kappa shape index (κ3) is 4.59. The van der Waals surface area contributed by atoms with Crippen molar-refractivity contribution in [2.75, 3.05) is 5.75 Å². The molecule has 9 heteroatoms. The molecule has 0 spiro atoms. The molecule has 1 aromatic heterocycles. The van der Waals surface area contributed by atoms with E-state index >= 15 is 0 Å². The van der Waals surface area contributed by atoms with E-state index in [-0.39, 0.29) is 28.7 Å². The largest absolute Gasteiger partial charge is 0.507 e. The lowest BCUT2D eigenvalue weighted by atomic mass is 10.2. The van der Waals surface area contributed by atoms with Gasteiger partial charge < -0.3 is 5.11 Å². The molecule has 0 saturated heterocycles. The molecule has 0 saturated carbocycles. The Bertz CT molecular complexity index is 1030. The quantitative estimate of drug-likeness (QED) is 0.293. The molecule has 3 rings (SSSR count). The monoisotopic (exact) mass is 382 g/mol. The van der Waals surface area contributed by atoms with Crippen LogP contribution < -0.4 is 5.43 Å². The second-order valence-electron chi connectivity index (χ2n) is 5.41. The number of fused-ring (bicyclic) bond motifs is 1. The van der Waals surface area contributed by atoms with Gasteiger partial charge in [-0.05, 0) is 18.2 Å². The molecule has 0 radical (unpaired) electrons. The van der Waals surface area contributed by atoms with Gasteiger partial charge in [-0.3, -0.25) is 19.9 Å². The number of aromatic nitrogens is 1. The van der Waals surface area contributed by atoms with E-state index in [4.69, 9.17) is 0 Å². The number of carbonyl (C=O) groups excluding carboxylic acids is 1. The third-order valence-electron chi connectivity index (χ3n) is 3.57. The molecule has 0 unspecified atom stereocenters. The second kappa shape index (κ2) is 8.28. The fraction of sp³-hybridized carbons (Fsp3) is 0.0556. The predicted molar refractivity (Wildman–Crippen MR) is 103 cm³/mol. The van der Waals surface area contributed by atoms with E-state index in [1.54, 1.807) is 6.20 Å². The van der Waals surface area contributed by atoms with Crippen molar-refractivity contribution in [1.82, 2.24) is 10.4 Å². The molecule has 0 aliphatic rings. The smallest absolute Gasteiger partial charge is 0.270 e. The minimum absolute atomic E-state index is 0.119. The maximum absolute atomic E-state index is 12.0. The number of amides is 1. The van der Waals surface area contributed by atoms with Gasteiger partial charge in [0.05, 0.1) is 22.4 Å². The van der Waals surface area contributed by atoms with Crippen molar-refractivity contribution in [3.8, 4) is 5.75 Å². The highest BCUT2D eigenvalue weighted by Gasteiger charge is 2.09. The summed E-state index contributed by atoms with van der Waals surface area (Å²) in [7, 11) is 0. The minimum atomic E-state index is -0.579. The van der Waals surface area contributed by atoms with Gasteiger partial charge in [-0.1, -0.05) is 18.2 Å². The summed E-state index contributed by atoms with van der Waals surface area (Å²) in [6, 6.07) is 13.1. The van der Waals surface area contributed by atoms with Crippen molar-refractivity contribution in [1.29, 1.82) is 0 Å². The lowest BCUT2D eigenvalue weighted by Gasteiger charge is -2.04. The molecule has 3 aromatic rings. The number of carbonyl (C=O) groups is 1. The van der Waals surface area contributed by atoms with Crippen LogP contribution in [0.5, 0.6) is 5.75 Å². The zero-order valence-electron chi connectivity index (χ0n) is 13.9. The lowest BCUT2D eigenvalue weighted by Crippen LogP contribution is -2.19. The van der Waals surface area contributed by atoms with Gasteiger partial charge in [-0.2, -0.15) is 5.10 Å². The van der Waals surface area contributed by atoms with Crippen molar-refractivity contribution >= 4 is 40.5 Å². The van der Waals surface area contributed by atoms with Gasteiger partial charge in [0, 0.05) is 34.2 Å². The van der Waals surface area contributed by atoms with Gasteiger partial charge in [0.25, 0.3) is 5.69 Å². The molecular formula is C18H14N4O4S. The van der Waals surface area contributed by atoms with Crippen molar-refractivity contribution in [2.24, 2.45) is 5.10 Å². The number of benzene rings is 2. The van der Waals surface area contributed by atoms with Gasteiger partial charge in [0.2, 0.25) is 5.91 Å². The van der Waals surface area contributed by atoms with Crippen LogP contribution in [0.25, 0.3) is 10.9 Å². The van der Waals surface area contributed by atoms with Crippen molar-refractivity contribution in [3.63, 3.8) is 0 Å². The first kappa shape index (κ1) is 18.3. The van der Waals surface area contributed by atoms with Gasteiger partial charge in [0.15, 0.2) is 0 Å². The topological polar surface area (TPSA) is 118 Å². The van der Waals surface area contributed by atoms with Crippen molar-refractivity contribution in [2.45, 2.75) is 4.90 Å². The van der Waals surface area contributed by atoms with E-state index in [0.717, 1.165) is 22.0 Å². The van der Waals surface area contributed by atoms with Crippen LogP contribution in [0.3, 0.4) is 0 Å². The third-order valence-corrected chi connectivity index (χ3v) is 4.62. The van der Waals surface area contributed by atoms with Crippen molar-refractivity contribution in [3.05, 3.63) is 70.4 Å². The molecule has 2 N–H and O–H groups in total. The Balaban J connectivity index is 1.61. The number of pyridine rings is 1. The number of phenolic OH excluding ortho intramolecular Hbond substituents is 1. The molecule has 8 nitrogen and oxygen atoms in total. The predicted octanol–water partition coefficient (Wildman–Crippen LogP) is 3.09. The number of para-hydroxylation sites is 1. The van der Waals surface area contributed by atoms with Gasteiger partial charge >= 0.3 is 0 Å². The standard InChI is InChI=1S/C18H14N4O4S/c23-15-7-6-14(22(25)26)9-13(15)10-20-21-17(24)11-27-16-5-1-3-12-4-2-8-19-18(12)16/h1-10,23H,11H2,(H,21,24)/b20-10-. The van der Waals surface area contributed by atoms with Crippen LogP contribution in [0.4, 0.5) is 5.69 Å². The molecule has 0 fully saturated rings. The number of rotatable bonds is 6. The summed E-state index contributed by atoms with van der Waals surface area (Å²) in [5, 5.41) is 25.2. The molecule has 1 heterocycles. The van der Waals surface area contributed by atoms with Crippen LogP contribution >= 0.6 is 11.8 Å². The first-order valence-electron chi connectivity index (χ1n) is 7.80. The highest BCUT2D eigenvalue weighted by molar-refractivity contribution is 8.00. The van der Waals surface area contributed by atoms with Crippen LogP contribution in [-0.2, 0) is 4.79 Å². The second-order valence-corrected chi connectivity index (χ2v) is 6.43. The maximum Gasteiger partial charge on any atom is 0.270 e. The maximum atomic E-state index is 12.0. The SMILES string of the molecule is O=C(CSc1cccc2cccnc12)N/N=C\c1cc([N+](=O)[O-])ccc1O. The highest BCUT2D eigenvalue weighted by atomic mass is 32.2. The van der Waals surface area contributed by atoms with E-state index in [1.807, 2.05) is 30.3 Å². The molecule has 0 aliphatic carbocycles. The summed E-state index contributed by atoms with van der Waals surface area (Å²) >= 11 is 1.33. The summed E-state index contributed by atoms with van der Waals surface area (Å²) in [5.41, 5.74) is 3.11. The van der Waals surface area contributed by atoms with E-state index in [1.165, 1.54) is 30.0 Å². The number of nitrogens with zero attached hydrogens (tertiary/aromatic N) is 3. The summed E-state index contributed by atoms with van der Waals surface area (Å²) in [6.07, 6.45) is 2.85. The number of thioether (sulfide) groups is 1. The lowest BCUT2D eigenvalue weighted by molar-refractivity contribution is -0.384. The minimum Gasteiger partial charge on any atom is -0.507 e. The molecule has 1 amide bonds. The average Bonchev–Trinajstić information content (AvgIpc) is 2.67. The zero-order chi connectivity index (χ0) is 19.2. The van der Waals surface area contributed by atoms with Crippen molar-refractivity contribution < 1.29 is 14.8 Å². The number of phenols is 1. The Morgan fingerprint density at radius 3 is 2.93 bits per heavy atom. The van der Waals surface area contributed by atoms with Gasteiger partial charge in [-0.15, -0.1) is 11.8 Å². The highest BCUT2D eigenvalue weighted by Crippen LogP contribution is 2.26. The summed E-state index contributed by atoms with van der Waals surface area (Å²) in [4.78, 5) is 27.4. The number of hydrazone groups is 1. The van der Waals surface area contributed by atoms with E-state index in [0.29, 0.717) is 0 Å². The van der Waals surface area contributed by atoms with E-state index in [2.05, 4.69) is 15.5 Å². The Morgan fingerprint density at radius 2 is 2.11 bits per heavy atom. The summed E-state index contributed by atoms with van der Waals surface area (Å²) in [5.74, 6) is -0.405. The van der Waals surface area contributed by atoms with Crippen LogP contribution in [-0.4, -0.2) is 32.9 Å². The number of hydrogen-bond donors (Lipinski definition) is 2. The fourth-order valence-electron chi connectivity index (χ4n) is 2.30.